The summed E-state index contributed by atoms with van der Waals surface area (Å²) in [5.41, 5.74) is 0. The molecule has 0 aromatic rings. The van der Waals surface area contributed by atoms with E-state index in [1.54, 1.807) is 0 Å². The van der Waals surface area contributed by atoms with Gasteiger partial charge in [0.15, 0.2) is 0 Å². The third-order valence-electron chi connectivity index (χ3n) is 0. The summed E-state index contributed by atoms with van der Waals surface area (Å²) in [7, 11) is -16.8. The van der Waals surface area contributed by atoms with Crippen LogP contribution in [0.3, 0.4) is 0 Å². The summed E-state index contributed by atoms with van der Waals surface area (Å²) in [6, 6.07) is 0. The van der Waals surface area contributed by atoms with E-state index in [4.69, 9.17) is 57.5 Å². The predicted octanol–water partition coefficient (Wildman–Crippen LogP) is -19.2. The van der Waals surface area contributed by atoms with Crippen LogP contribution < -0.4 is 87.1 Å². The Labute approximate surface area is 119 Å². The minimum absolute atomic E-state index is 0. The van der Waals surface area contributed by atoms with Crippen LogP contribution in [0.2, 0.25) is 0 Å². The van der Waals surface area contributed by atoms with Gasteiger partial charge in [0.05, 0.1) is 0 Å². The zero-order valence-electron chi connectivity index (χ0n) is 7.90. The summed E-state index contributed by atoms with van der Waals surface area (Å²) < 4.78 is 0. The van der Waals surface area contributed by atoms with Crippen LogP contribution in [0.5, 0.6) is 0 Å². The fraction of sp³-hybridized carbons (Fsp3) is 0. The molecular formula is H2NaO13Si3-11. The molecule has 13 nitrogen and oxygen atoms in total. The van der Waals surface area contributed by atoms with E-state index >= 15 is 0 Å². The number of hydrogen-bond acceptors (Lipinski definition) is 12. The zero-order valence-corrected chi connectivity index (χ0v) is 12.9. The standard InChI is InChI=1S/Na.3O4Si.H2O/c;3*1-5(2,3)4;/h;;;;1H2/q+1;3*-4;. The number of hydrogen-bond donors (Lipinski definition) is 0. The summed E-state index contributed by atoms with van der Waals surface area (Å²) in [6.45, 7) is 0. The van der Waals surface area contributed by atoms with Crippen molar-refractivity contribution in [3.8, 4) is 0 Å². The predicted molar refractivity (Wildman–Crippen MR) is 20.9 cm³/mol. The van der Waals surface area contributed by atoms with E-state index in [0.29, 0.717) is 0 Å². The molecule has 0 heterocycles. The van der Waals surface area contributed by atoms with Crippen LogP contribution in [0, 0.1) is 0 Å². The molecule has 0 fully saturated rings. The van der Waals surface area contributed by atoms with Crippen LogP contribution in [0.15, 0.2) is 0 Å². The molecule has 17 heavy (non-hydrogen) atoms. The molecule has 0 saturated carbocycles. The third kappa shape index (κ3) is 3070. The van der Waals surface area contributed by atoms with Gasteiger partial charge in [-0.1, -0.05) is 0 Å². The summed E-state index contributed by atoms with van der Waals surface area (Å²) in [4.78, 5) is 103. The van der Waals surface area contributed by atoms with Crippen molar-refractivity contribution in [3.63, 3.8) is 0 Å². The smallest absolute Gasteiger partial charge is 0.894 e. The first-order valence-electron chi connectivity index (χ1n) is 2.45. The first-order valence-corrected chi connectivity index (χ1v) is 7.35. The van der Waals surface area contributed by atoms with Crippen molar-refractivity contribution >= 4 is 27.1 Å². The zero-order chi connectivity index (χ0) is 13.5. The van der Waals surface area contributed by atoms with Crippen molar-refractivity contribution in [2.45, 2.75) is 0 Å². The van der Waals surface area contributed by atoms with E-state index < -0.39 is 27.1 Å². The van der Waals surface area contributed by atoms with Crippen molar-refractivity contribution in [1.82, 2.24) is 0 Å². The van der Waals surface area contributed by atoms with Crippen molar-refractivity contribution in [2.75, 3.05) is 0 Å². The van der Waals surface area contributed by atoms with Crippen LogP contribution in [-0.2, 0) is 0 Å². The van der Waals surface area contributed by atoms with Gasteiger partial charge in [-0.2, -0.15) is 0 Å². The van der Waals surface area contributed by atoms with Gasteiger partial charge < -0.3 is 90.2 Å². The van der Waals surface area contributed by atoms with E-state index in [1.807, 2.05) is 0 Å². The Kier molecular flexibility index (Phi) is 22.1. The van der Waals surface area contributed by atoms with E-state index in [9.17, 15) is 0 Å². The summed E-state index contributed by atoms with van der Waals surface area (Å²) >= 11 is 0. The van der Waals surface area contributed by atoms with Crippen LogP contribution in [0.25, 0.3) is 0 Å². The third-order valence-corrected chi connectivity index (χ3v) is 0. The number of rotatable bonds is 0. The Morgan fingerprint density at radius 1 is 0.353 bits per heavy atom. The Balaban J connectivity index is -0.0000000400. The molecule has 0 aliphatic rings. The Morgan fingerprint density at radius 3 is 0.353 bits per heavy atom. The average molecular weight is 317 g/mol. The first-order chi connectivity index (χ1) is 6.00. The van der Waals surface area contributed by atoms with Crippen LogP contribution >= 0.6 is 0 Å². The van der Waals surface area contributed by atoms with E-state index in [0.717, 1.165) is 0 Å². The van der Waals surface area contributed by atoms with Crippen LogP contribution in [-0.4, -0.2) is 32.6 Å². The van der Waals surface area contributed by atoms with Crippen molar-refractivity contribution < 1.29 is 92.6 Å². The van der Waals surface area contributed by atoms with Gasteiger partial charge in [0.1, 0.15) is 0 Å². The fourth-order valence-corrected chi connectivity index (χ4v) is 0. The molecule has 0 atom stereocenters. The molecule has 0 bridgehead atoms. The molecule has 0 rings (SSSR count). The second kappa shape index (κ2) is 12.2. The van der Waals surface area contributed by atoms with E-state index in [2.05, 4.69) is 0 Å². The Morgan fingerprint density at radius 2 is 0.353 bits per heavy atom. The molecule has 0 unspecified atom stereocenters. The van der Waals surface area contributed by atoms with Crippen LogP contribution in [0.1, 0.15) is 0 Å². The second-order valence-corrected chi connectivity index (χ2v) is 4.50. The normalized spacial score (nSPS) is 10.6. The van der Waals surface area contributed by atoms with Gasteiger partial charge in [-0.3, -0.25) is 0 Å². The van der Waals surface area contributed by atoms with Crippen molar-refractivity contribution in [1.29, 1.82) is 0 Å². The summed E-state index contributed by atoms with van der Waals surface area (Å²) in [6.07, 6.45) is 0. The molecule has 2 N–H and O–H groups in total. The average Bonchev–Trinajstić information content (AvgIpc) is 1.41. The quantitative estimate of drug-likeness (QED) is 0.375. The monoisotopic (exact) mass is 317 g/mol. The molecule has 0 radical (unpaired) electrons. The maximum atomic E-state index is 8.58. The molecule has 0 aliphatic heterocycles. The second-order valence-electron chi connectivity index (χ2n) is 1.50. The summed E-state index contributed by atoms with van der Waals surface area (Å²) in [5, 5.41) is 0. The topological polar surface area (TPSA) is 308 Å². The van der Waals surface area contributed by atoms with Gasteiger partial charge in [-0.25, -0.2) is 0 Å². The molecule has 104 valence electrons. The van der Waals surface area contributed by atoms with Crippen molar-refractivity contribution in [2.24, 2.45) is 0 Å². The fourth-order valence-electron chi connectivity index (χ4n) is 0. The molecule has 0 aliphatic carbocycles. The van der Waals surface area contributed by atoms with Crippen molar-refractivity contribution in [3.05, 3.63) is 0 Å². The Bertz CT molecular complexity index is 91.7. The minimum Gasteiger partial charge on any atom is -0.894 e. The van der Waals surface area contributed by atoms with Gasteiger partial charge >= 0.3 is 29.6 Å². The van der Waals surface area contributed by atoms with Crippen LogP contribution in [0.4, 0.5) is 0 Å². The maximum absolute atomic E-state index is 8.58. The molecular weight excluding hydrogens is 315 g/mol. The molecule has 17 heteroatoms. The van der Waals surface area contributed by atoms with Gasteiger partial charge in [-0.05, 0) is 0 Å². The van der Waals surface area contributed by atoms with Gasteiger partial charge in [0, 0.05) is 0 Å². The molecule has 0 aromatic heterocycles. The SMILES string of the molecule is O.[Na+].[O-][Si]([O-])([O-])[O-].[O-][Si]([O-])([O-])[O-].[O-][Si]([O-])([O-])[O-]. The molecule has 0 amide bonds. The largest absolute Gasteiger partial charge is 1.00 e. The summed E-state index contributed by atoms with van der Waals surface area (Å²) in [5.74, 6) is 0. The van der Waals surface area contributed by atoms with Gasteiger partial charge in [0.25, 0.3) is 0 Å². The van der Waals surface area contributed by atoms with Gasteiger partial charge in [-0.15, -0.1) is 0 Å². The van der Waals surface area contributed by atoms with E-state index in [1.165, 1.54) is 0 Å². The minimum atomic E-state index is -5.61. The molecule has 0 aromatic carbocycles. The molecule has 0 spiro atoms. The Hall–Kier alpha value is 1.13. The molecule has 0 saturated heterocycles. The maximum Gasteiger partial charge on any atom is 1.00 e. The van der Waals surface area contributed by atoms with Gasteiger partial charge in [0.2, 0.25) is 0 Å². The first kappa shape index (κ1) is 30.9. The van der Waals surface area contributed by atoms with E-state index in [-0.39, 0.29) is 35.0 Å².